The Labute approximate surface area is 154 Å². The van der Waals surface area contributed by atoms with Gasteiger partial charge in [0.2, 0.25) is 5.91 Å². The van der Waals surface area contributed by atoms with Crippen molar-refractivity contribution < 1.29 is 19.2 Å². The molecule has 0 radical (unpaired) electrons. The van der Waals surface area contributed by atoms with E-state index in [4.69, 9.17) is 0 Å². The molecule has 3 aliphatic rings. The van der Waals surface area contributed by atoms with Crippen LogP contribution in [0, 0.1) is 0 Å². The number of hydrogen-bond acceptors (Lipinski definition) is 5. The van der Waals surface area contributed by atoms with Crippen molar-refractivity contribution in [1.29, 1.82) is 0 Å². The summed E-state index contributed by atoms with van der Waals surface area (Å²) in [5.41, 5.74) is 2.33. The van der Waals surface area contributed by atoms with Crippen LogP contribution in [-0.2, 0) is 9.59 Å². The smallest absolute Gasteiger partial charge is 0.324 e. The van der Waals surface area contributed by atoms with Gasteiger partial charge in [-0.15, -0.1) is 11.8 Å². The van der Waals surface area contributed by atoms with Crippen molar-refractivity contribution in [3.63, 3.8) is 0 Å². The van der Waals surface area contributed by atoms with E-state index in [2.05, 4.69) is 16.1 Å². The van der Waals surface area contributed by atoms with Crippen LogP contribution in [0.5, 0.6) is 0 Å². The maximum absolute atomic E-state index is 12.7. The summed E-state index contributed by atoms with van der Waals surface area (Å²) in [7, 11) is 0. The largest absolute Gasteiger partial charge is 0.344 e. The summed E-state index contributed by atoms with van der Waals surface area (Å²) in [6, 6.07) is 4.28. The Morgan fingerprint density at radius 2 is 1.92 bits per heavy atom. The number of benzene rings is 1. The molecular formula is C17H18N4O4S. The molecule has 1 saturated heterocycles. The summed E-state index contributed by atoms with van der Waals surface area (Å²) >= 11 is 1.39. The predicted molar refractivity (Wildman–Crippen MR) is 94.5 cm³/mol. The van der Waals surface area contributed by atoms with Crippen molar-refractivity contribution in [2.75, 3.05) is 11.1 Å². The van der Waals surface area contributed by atoms with Gasteiger partial charge >= 0.3 is 6.03 Å². The Hall–Kier alpha value is -2.55. The van der Waals surface area contributed by atoms with Gasteiger partial charge in [-0.2, -0.15) is 5.01 Å². The molecule has 1 saturated carbocycles. The number of anilines is 1. The van der Waals surface area contributed by atoms with E-state index in [0.29, 0.717) is 24.3 Å². The molecule has 8 nitrogen and oxygen atoms in total. The van der Waals surface area contributed by atoms with Crippen LogP contribution < -0.4 is 16.1 Å². The average Bonchev–Trinajstić information content (AvgIpc) is 2.85. The first-order valence-corrected chi connectivity index (χ1v) is 9.51. The standard InChI is InChI=1S/C17H18N4O4S/c22-13-9-26-12-5-4-10(8-11(12)18-13)14(23)20-21-15(24)17(19-16(21)25)6-2-1-3-7-17/h4-5,8H,1-3,6-7,9H2,(H,18,22)(H,19,25)(H,20,23). The normalized spacial score (nSPS) is 21.2. The van der Waals surface area contributed by atoms with Gasteiger partial charge in [-0.1, -0.05) is 19.3 Å². The fourth-order valence-electron chi connectivity index (χ4n) is 3.61. The highest BCUT2D eigenvalue weighted by atomic mass is 32.2. The number of hydrogen-bond donors (Lipinski definition) is 3. The SMILES string of the molecule is O=C1CSc2ccc(C(=O)NN3C(=O)NC4(CCCCC4)C3=O)cc2N1. The molecule has 0 bridgehead atoms. The lowest BCUT2D eigenvalue weighted by Gasteiger charge is -2.30. The van der Waals surface area contributed by atoms with Crippen LogP contribution in [0.4, 0.5) is 10.5 Å². The summed E-state index contributed by atoms with van der Waals surface area (Å²) in [6.45, 7) is 0. The van der Waals surface area contributed by atoms with Crippen LogP contribution in [0.3, 0.4) is 0 Å². The molecule has 1 aromatic carbocycles. The number of rotatable bonds is 2. The lowest BCUT2D eigenvalue weighted by atomic mass is 9.82. The van der Waals surface area contributed by atoms with Gasteiger partial charge in [0.25, 0.3) is 11.8 Å². The van der Waals surface area contributed by atoms with Gasteiger partial charge in [-0.3, -0.25) is 19.8 Å². The first-order chi connectivity index (χ1) is 12.5. The molecule has 4 rings (SSSR count). The molecule has 2 heterocycles. The van der Waals surface area contributed by atoms with Gasteiger partial charge in [0.1, 0.15) is 5.54 Å². The molecule has 1 aliphatic carbocycles. The van der Waals surface area contributed by atoms with Crippen LogP contribution in [0.2, 0.25) is 0 Å². The number of urea groups is 1. The van der Waals surface area contributed by atoms with Crippen molar-refractivity contribution >= 4 is 41.2 Å². The lowest BCUT2D eigenvalue weighted by Crippen LogP contribution is -2.50. The van der Waals surface area contributed by atoms with Gasteiger partial charge in [0.05, 0.1) is 11.4 Å². The molecule has 26 heavy (non-hydrogen) atoms. The molecule has 0 atom stereocenters. The molecule has 0 unspecified atom stereocenters. The number of thioether (sulfide) groups is 1. The van der Waals surface area contributed by atoms with Crippen LogP contribution >= 0.6 is 11.8 Å². The van der Waals surface area contributed by atoms with Crippen molar-refractivity contribution in [3.05, 3.63) is 23.8 Å². The van der Waals surface area contributed by atoms with Gasteiger partial charge in [-0.05, 0) is 31.0 Å². The summed E-state index contributed by atoms with van der Waals surface area (Å²) in [6.07, 6.45) is 3.96. The second-order valence-electron chi connectivity index (χ2n) is 6.70. The Kier molecular flexibility index (Phi) is 4.10. The van der Waals surface area contributed by atoms with Crippen LogP contribution in [0.1, 0.15) is 42.5 Å². The number of fused-ring (bicyclic) bond motifs is 1. The second kappa shape index (κ2) is 6.31. The summed E-state index contributed by atoms with van der Waals surface area (Å²) in [4.78, 5) is 49.8. The van der Waals surface area contributed by atoms with Gasteiger partial charge in [0, 0.05) is 10.5 Å². The number of imide groups is 1. The van der Waals surface area contributed by atoms with E-state index in [0.717, 1.165) is 29.2 Å². The lowest BCUT2D eigenvalue weighted by molar-refractivity contribution is -0.134. The minimum Gasteiger partial charge on any atom is -0.324 e. The number of nitrogens with one attached hydrogen (secondary N) is 3. The van der Waals surface area contributed by atoms with E-state index < -0.39 is 23.4 Å². The van der Waals surface area contributed by atoms with Crippen LogP contribution in [-0.4, -0.2) is 40.1 Å². The maximum atomic E-state index is 12.7. The van der Waals surface area contributed by atoms with Crippen molar-refractivity contribution in [2.45, 2.75) is 42.5 Å². The Bertz CT molecular complexity index is 819. The molecular weight excluding hydrogens is 356 g/mol. The topological polar surface area (TPSA) is 108 Å². The fourth-order valence-corrected chi connectivity index (χ4v) is 4.39. The van der Waals surface area contributed by atoms with E-state index >= 15 is 0 Å². The van der Waals surface area contributed by atoms with Gasteiger partial charge < -0.3 is 10.6 Å². The van der Waals surface area contributed by atoms with E-state index in [9.17, 15) is 19.2 Å². The van der Waals surface area contributed by atoms with Crippen molar-refractivity contribution in [3.8, 4) is 0 Å². The van der Waals surface area contributed by atoms with Crippen molar-refractivity contribution in [2.24, 2.45) is 0 Å². The molecule has 9 heteroatoms. The highest BCUT2D eigenvalue weighted by Crippen LogP contribution is 2.34. The number of nitrogens with zero attached hydrogens (tertiary/aromatic N) is 1. The first-order valence-electron chi connectivity index (χ1n) is 8.53. The van der Waals surface area contributed by atoms with Gasteiger partial charge in [-0.25, -0.2) is 4.79 Å². The Morgan fingerprint density at radius 1 is 1.15 bits per heavy atom. The maximum Gasteiger partial charge on any atom is 0.344 e. The zero-order valence-electron chi connectivity index (χ0n) is 14.0. The molecule has 0 aromatic heterocycles. The highest BCUT2D eigenvalue weighted by molar-refractivity contribution is 8.00. The van der Waals surface area contributed by atoms with E-state index in [1.54, 1.807) is 18.2 Å². The molecule has 1 aromatic rings. The van der Waals surface area contributed by atoms with Gasteiger partial charge in [0.15, 0.2) is 0 Å². The number of hydrazine groups is 1. The monoisotopic (exact) mass is 374 g/mol. The number of carbonyl (C=O) groups is 4. The van der Waals surface area contributed by atoms with Crippen molar-refractivity contribution in [1.82, 2.24) is 15.8 Å². The molecule has 5 amide bonds. The van der Waals surface area contributed by atoms with E-state index in [1.807, 2.05) is 0 Å². The highest BCUT2D eigenvalue weighted by Gasteiger charge is 2.52. The quantitative estimate of drug-likeness (QED) is 0.682. The van der Waals surface area contributed by atoms with E-state index in [-0.39, 0.29) is 11.5 Å². The molecule has 2 fully saturated rings. The summed E-state index contributed by atoms with van der Waals surface area (Å²) in [5, 5.41) is 6.24. The zero-order valence-corrected chi connectivity index (χ0v) is 14.8. The number of carbonyl (C=O) groups excluding carboxylic acids is 4. The fraction of sp³-hybridized carbons (Fsp3) is 0.412. The third kappa shape index (κ3) is 2.82. The third-order valence-electron chi connectivity index (χ3n) is 4.96. The Balaban J connectivity index is 1.51. The zero-order chi connectivity index (χ0) is 18.3. The summed E-state index contributed by atoms with van der Waals surface area (Å²) < 4.78 is 0. The molecule has 136 valence electrons. The predicted octanol–water partition coefficient (Wildman–Crippen LogP) is 1.63. The second-order valence-corrected chi connectivity index (χ2v) is 7.72. The van der Waals surface area contributed by atoms with Crippen LogP contribution in [0.25, 0.3) is 0 Å². The Morgan fingerprint density at radius 3 is 2.69 bits per heavy atom. The number of amides is 5. The van der Waals surface area contributed by atoms with Crippen LogP contribution in [0.15, 0.2) is 23.1 Å². The molecule has 2 aliphatic heterocycles. The minimum atomic E-state index is -0.886. The minimum absolute atomic E-state index is 0.131. The first kappa shape index (κ1) is 16.9. The van der Waals surface area contributed by atoms with E-state index in [1.165, 1.54) is 11.8 Å². The molecule has 3 N–H and O–H groups in total. The third-order valence-corrected chi connectivity index (χ3v) is 6.03. The molecule has 1 spiro atoms. The summed E-state index contributed by atoms with van der Waals surface area (Å²) in [5.74, 6) is -0.775. The average molecular weight is 374 g/mol.